The topological polar surface area (TPSA) is 120 Å². The van der Waals surface area contributed by atoms with Crippen molar-refractivity contribution in [2.45, 2.75) is 32.2 Å². The van der Waals surface area contributed by atoms with Crippen LogP contribution < -0.4 is 5.76 Å². The summed E-state index contributed by atoms with van der Waals surface area (Å²) in [6.45, 7) is 4.55. The molecule has 9 nitrogen and oxygen atoms in total. The number of benzene rings is 2. The first-order valence-electron chi connectivity index (χ1n) is 12.8. The lowest BCUT2D eigenvalue weighted by atomic mass is 9.82. The van der Waals surface area contributed by atoms with Crippen molar-refractivity contribution in [3.05, 3.63) is 94.2 Å². The average molecular weight is 541 g/mol. The number of rotatable bonds is 7. The molecule has 1 saturated carbocycles. The third-order valence-corrected chi connectivity index (χ3v) is 7.49. The quantitative estimate of drug-likeness (QED) is 0.207. The number of fused-ring (bicyclic) bond motifs is 1. The molecule has 6 rings (SSSR count). The maximum Gasteiger partial charge on any atom is 0.439 e. The molecular weight excluding hydrogens is 516 g/mol. The molecule has 1 N–H and O–H groups in total. The van der Waals surface area contributed by atoms with E-state index in [0.29, 0.717) is 45.8 Å². The number of halogens is 1. The second-order valence-electron chi connectivity index (χ2n) is 9.78. The second-order valence-corrected chi connectivity index (χ2v) is 10.2. The number of hydrogen-bond acceptors (Lipinski definition) is 7. The lowest BCUT2D eigenvalue weighted by Crippen LogP contribution is -2.21. The summed E-state index contributed by atoms with van der Waals surface area (Å²) in [6, 6.07) is 16.4. The van der Waals surface area contributed by atoms with Gasteiger partial charge in [0.2, 0.25) is 17.4 Å². The third kappa shape index (κ3) is 4.93. The first-order chi connectivity index (χ1) is 19.0. The number of carbonyl (C=O) groups is 1. The fourth-order valence-electron chi connectivity index (χ4n) is 5.24. The van der Waals surface area contributed by atoms with Gasteiger partial charge in [-0.15, -0.1) is 6.58 Å². The van der Waals surface area contributed by atoms with Gasteiger partial charge >= 0.3 is 5.76 Å². The van der Waals surface area contributed by atoms with Crippen LogP contribution in [-0.2, 0) is 6.54 Å². The van der Waals surface area contributed by atoms with Gasteiger partial charge < -0.3 is 4.57 Å². The number of hydrogen-bond donors (Lipinski definition) is 1. The number of H-pyrrole nitrogens is 1. The summed E-state index contributed by atoms with van der Waals surface area (Å²) in [5.41, 5.74) is 2.72. The Morgan fingerprint density at radius 1 is 1.08 bits per heavy atom. The van der Waals surface area contributed by atoms with Crippen LogP contribution in [-0.4, -0.2) is 35.4 Å². The Labute approximate surface area is 228 Å². The lowest BCUT2D eigenvalue weighted by Gasteiger charge is -2.27. The van der Waals surface area contributed by atoms with Gasteiger partial charge in [-0.05, 0) is 49.7 Å². The predicted molar refractivity (Wildman–Crippen MR) is 147 cm³/mol. The van der Waals surface area contributed by atoms with E-state index < -0.39 is 5.76 Å². The van der Waals surface area contributed by atoms with E-state index in [1.165, 1.54) is 0 Å². The van der Waals surface area contributed by atoms with Crippen LogP contribution in [0.4, 0.5) is 0 Å². The zero-order chi connectivity index (χ0) is 26.9. The van der Waals surface area contributed by atoms with Gasteiger partial charge in [-0.3, -0.25) is 14.3 Å². The molecule has 0 aliphatic heterocycles. The average Bonchev–Trinajstić information content (AvgIpc) is 3.56. The molecule has 0 radical (unpaired) electrons. The van der Waals surface area contributed by atoms with E-state index in [1.807, 2.05) is 41.0 Å². The fraction of sp³-hybridized carbons (Fsp3) is 0.241. The summed E-state index contributed by atoms with van der Waals surface area (Å²) in [4.78, 5) is 42.1. The summed E-state index contributed by atoms with van der Waals surface area (Å²) in [6.07, 6.45) is 6.18. The number of aromatic nitrogens is 6. The van der Waals surface area contributed by atoms with Crippen LogP contribution in [0.2, 0.25) is 5.02 Å². The largest absolute Gasteiger partial charge is 0.439 e. The number of aromatic amines is 1. The first kappa shape index (κ1) is 24.9. The van der Waals surface area contributed by atoms with E-state index in [9.17, 15) is 9.59 Å². The van der Waals surface area contributed by atoms with Gasteiger partial charge in [-0.2, -0.15) is 0 Å². The molecule has 0 bridgehead atoms. The highest BCUT2D eigenvalue weighted by Crippen LogP contribution is 2.35. The summed E-state index contributed by atoms with van der Waals surface area (Å²) in [5, 5.41) is 4.29. The van der Waals surface area contributed by atoms with Crippen LogP contribution in [0.1, 0.15) is 41.9 Å². The summed E-state index contributed by atoms with van der Waals surface area (Å²) in [7, 11) is 0. The fourth-order valence-corrected chi connectivity index (χ4v) is 5.43. The number of carbonyl (C=O) groups excluding carboxylic acids is 1. The molecule has 1 aliphatic carbocycles. The molecule has 39 heavy (non-hydrogen) atoms. The molecule has 2 aromatic carbocycles. The molecule has 0 saturated heterocycles. The molecule has 1 aliphatic rings. The van der Waals surface area contributed by atoms with Crippen molar-refractivity contribution in [2.75, 3.05) is 0 Å². The Kier molecular flexibility index (Phi) is 6.66. The third-order valence-electron chi connectivity index (χ3n) is 7.26. The minimum absolute atomic E-state index is 0.0680. The van der Waals surface area contributed by atoms with Crippen LogP contribution in [0.3, 0.4) is 0 Å². The van der Waals surface area contributed by atoms with Crippen molar-refractivity contribution in [2.24, 2.45) is 11.8 Å². The molecule has 196 valence electrons. The van der Waals surface area contributed by atoms with Gasteiger partial charge in [0.1, 0.15) is 11.2 Å². The van der Waals surface area contributed by atoms with E-state index in [0.717, 1.165) is 31.2 Å². The molecule has 0 amide bonds. The van der Waals surface area contributed by atoms with Crippen molar-refractivity contribution in [1.82, 2.24) is 29.7 Å². The SMILES string of the molecule is C=CC1CCC(Cn2c(C(=O)c3ccccc3)nc3nc(-c4noc(=O)[nH]4)nc(-c4cccc(Cl)c4)c32)CC1. The molecule has 1 fully saturated rings. The normalized spacial score (nSPS) is 17.4. The number of ketones is 1. The minimum atomic E-state index is -0.724. The molecule has 5 aromatic rings. The highest BCUT2D eigenvalue weighted by molar-refractivity contribution is 6.30. The lowest BCUT2D eigenvalue weighted by molar-refractivity contribution is 0.102. The number of nitrogens with zero attached hydrogens (tertiary/aromatic N) is 5. The smallest absolute Gasteiger partial charge is 0.318 e. The van der Waals surface area contributed by atoms with Gasteiger partial charge in [0.25, 0.3) is 0 Å². The highest BCUT2D eigenvalue weighted by Gasteiger charge is 2.28. The molecule has 0 unspecified atom stereocenters. The zero-order valence-corrected chi connectivity index (χ0v) is 21.8. The van der Waals surface area contributed by atoms with Crippen molar-refractivity contribution in [3.63, 3.8) is 0 Å². The molecule has 3 aromatic heterocycles. The summed E-state index contributed by atoms with van der Waals surface area (Å²) < 4.78 is 6.64. The van der Waals surface area contributed by atoms with Crippen LogP contribution in [0.15, 0.2) is 76.6 Å². The van der Waals surface area contributed by atoms with Crippen LogP contribution in [0, 0.1) is 11.8 Å². The predicted octanol–water partition coefficient (Wildman–Crippen LogP) is 5.71. The Bertz CT molecular complexity index is 1730. The monoisotopic (exact) mass is 540 g/mol. The molecule has 10 heteroatoms. The second kappa shape index (κ2) is 10.4. The Hall–Kier alpha value is -4.37. The van der Waals surface area contributed by atoms with Crippen LogP contribution >= 0.6 is 11.6 Å². The van der Waals surface area contributed by atoms with Crippen molar-refractivity contribution >= 4 is 28.5 Å². The number of nitrogens with one attached hydrogen (secondary N) is 1. The van der Waals surface area contributed by atoms with Crippen molar-refractivity contribution in [1.29, 1.82) is 0 Å². The molecule has 0 spiro atoms. The van der Waals surface area contributed by atoms with E-state index in [2.05, 4.69) is 21.7 Å². The molecule has 3 heterocycles. The Balaban J connectivity index is 1.58. The molecular formula is C29H25ClN6O3. The molecule has 0 atom stereocenters. The van der Waals surface area contributed by atoms with E-state index in [-0.39, 0.29) is 23.3 Å². The van der Waals surface area contributed by atoms with Crippen molar-refractivity contribution in [3.8, 4) is 22.9 Å². The van der Waals surface area contributed by atoms with Gasteiger partial charge in [0, 0.05) is 22.7 Å². The first-order valence-corrected chi connectivity index (χ1v) is 13.2. The van der Waals surface area contributed by atoms with Gasteiger partial charge in [0.05, 0.1) is 0 Å². The zero-order valence-electron chi connectivity index (χ0n) is 21.0. The van der Waals surface area contributed by atoms with Gasteiger partial charge in [-0.1, -0.05) is 65.3 Å². The highest BCUT2D eigenvalue weighted by atomic mass is 35.5. The van der Waals surface area contributed by atoms with Crippen LogP contribution in [0.25, 0.3) is 34.1 Å². The van der Waals surface area contributed by atoms with Crippen LogP contribution in [0.5, 0.6) is 0 Å². The maximum atomic E-state index is 13.8. The maximum absolute atomic E-state index is 13.8. The van der Waals surface area contributed by atoms with E-state index in [1.54, 1.807) is 24.3 Å². The standard InChI is InChI=1S/C29H25ClN6O3/c1-2-17-11-13-18(14-12-17)16-36-23-22(20-9-6-10-21(30)15-20)31-26(27-34-29(38)39-35-27)32-25(23)33-28(36)24(37)19-7-4-3-5-8-19/h2-10,15,17-18H,1,11-14,16H2,(H,34,35,38). The number of imidazole rings is 1. The van der Waals surface area contributed by atoms with Crippen molar-refractivity contribution < 1.29 is 9.32 Å². The van der Waals surface area contributed by atoms with Gasteiger partial charge in [-0.25, -0.2) is 19.7 Å². The summed E-state index contributed by atoms with van der Waals surface area (Å²) >= 11 is 6.36. The van der Waals surface area contributed by atoms with E-state index in [4.69, 9.17) is 26.1 Å². The minimum Gasteiger partial charge on any atom is -0.318 e. The number of allylic oxidation sites excluding steroid dienone is 1. The summed E-state index contributed by atoms with van der Waals surface area (Å²) in [5.74, 6) is 0.408. The Morgan fingerprint density at radius 3 is 2.56 bits per heavy atom. The van der Waals surface area contributed by atoms with Gasteiger partial charge in [0.15, 0.2) is 11.5 Å². The van der Waals surface area contributed by atoms with E-state index >= 15 is 0 Å². The Morgan fingerprint density at radius 2 is 1.87 bits per heavy atom.